The number of fused-ring (bicyclic) bond motifs is 1. The van der Waals surface area contributed by atoms with Crippen LogP contribution in [-0.4, -0.2) is 34.8 Å². The number of aromatic nitrogens is 3. The third kappa shape index (κ3) is 4.43. The molecule has 148 valence electrons. The number of hydrogen-bond acceptors (Lipinski definition) is 8. The maximum atomic E-state index is 12.1. The van der Waals surface area contributed by atoms with Crippen molar-refractivity contribution < 1.29 is 23.2 Å². The lowest BCUT2D eigenvalue weighted by atomic mass is 10.1. The van der Waals surface area contributed by atoms with Crippen LogP contribution in [0.5, 0.6) is 5.75 Å². The van der Waals surface area contributed by atoms with Crippen molar-refractivity contribution in [3.63, 3.8) is 0 Å². The fourth-order valence-corrected chi connectivity index (χ4v) is 2.91. The molecule has 0 fully saturated rings. The average Bonchev–Trinajstić information content (AvgIpc) is 3.39. The maximum absolute atomic E-state index is 12.1. The quantitative estimate of drug-likeness (QED) is 0.331. The Balaban J connectivity index is 1.25. The zero-order valence-electron chi connectivity index (χ0n) is 15.8. The van der Waals surface area contributed by atoms with E-state index in [0.29, 0.717) is 35.9 Å². The highest BCUT2D eigenvalue weighted by Crippen LogP contribution is 2.26. The second-order valence-corrected chi connectivity index (χ2v) is 6.38. The molecule has 29 heavy (non-hydrogen) atoms. The first-order valence-corrected chi connectivity index (χ1v) is 9.15. The second-order valence-electron chi connectivity index (χ2n) is 6.38. The van der Waals surface area contributed by atoms with Crippen molar-refractivity contribution in [3.8, 4) is 17.1 Å². The van der Waals surface area contributed by atoms with Gasteiger partial charge in [0.1, 0.15) is 11.3 Å². The van der Waals surface area contributed by atoms with Crippen LogP contribution in [0.3, 0.4) is 0 Å². The summed E-state index contributed by atoms with van der Waals surface area (Å²) in [6, 6.07) is 9.16. The molecule has 0 atom stereocenters. The Bertz CT molecular complexity index is 1100. The zero-order chi connectivity index (χ0) is 20.1. The molecule has 0 amide bonds. The molecular formula is C21H19N3O5. The fraction of sp³-hybridized carbons (Fsp3) is 0.238. The van der Waals surface area contributed by atoms with Gasteiger partial charge >= 0.3 is 5.97 Å². The predicted octanol–water partition coefficient (Wildman–Crippen LogP) is 3.60. The molecule has 1 aromatic carbocycles. The van der Waals surface area contributed by atoms with E-state index in [1.54, 1.807) is 31.8 Å². The molecule has 0 saturated carbocycles. The predicted molar refractivity (Wildman–Crippen MR) is 103 cm³/mol. The molecule has 0 radical (unpaired) electrons. The van der Waals surface area contributed by atoms with E-state index in [1.807, 2.05) is 24.3 Å². The summed E-state index contributed by atoms with van der Waals surface area (Å²) >= 11 is 0. The molecule has 0 saturated heterocycles. The number of furan rings is 1. The molecule has 0 bridgehead atoms. The molecule has 3 aromatic heterocycles. The van der Waals surface area contributed by atoms with Crippen LogP contribution >= 0.6 is 0 Å². The van der Waals surface area contributed by atoms with E-state index in [-0.39, 0.29) is 19.0 Å². The van der Waals surface area contributed by atoms with Gasteiger partial charge in [0.25, 0.3) is 0 Å². The Morgan fingerprint density at radius 3 is 3.00 bits per heavy atom. The number of carbonyl (C=O) groups is 1. The summed E-state index contributed by atoms with van der Waals surface area (Å²) in [4.78, 5) is 20.5. The Kier molecular flexibility index (Phi) is 5.51. The van der Waals surface area contributed by atoms with Crippen LogP contribution in [0.1, 0.15) is 17.9 Å². The van der Waals surface area contributed by atoms with Crippen LogP contribution in [0, 0.1) is 0 Å². The molecule has 8 heteroatoms. The van der Waals surface area contributed by atoms with Gasteiger partial charge in [0.05, 0.1) is 26.4 Å². The van der Waals surface area contributed by atoms with Crippen LogP contribution in [0.25, 0.3) is 22.4 Å². The average molecular weight is 393 g/mol. The summed E-state index contributed by atoms with van der Waals surface area (Å²) in [7, 11) is 1.59. The Morgan fingerprint density at radius 1 is 1.24 bits per heavy atom. The van der Waals surface area contributed by atoms with Crippen molar-refractivity contribution in [2.75, 3.05) is 13.7 Å². The normalized spacial score (nSPS) is 10.9. The van der Waals surface area contributed by atoms with Crippen LogP contribution in [-0.2, 0) is 22.4 Å². The largest absolute Gasteiger partial charge is 0.497 e. The number of ether oxygens (including phenoxy) is 2. The molecule has 0 aliphatic heterocycles. The van der Waals surface area contributed by atoms with Gasteiger partial charge in [0.2, 0.25) is 11.7 Å². The fourth-order valence-electron chi connectivity index (χ4n) is 2.91. The number of aryl methyl sites for hydroxylation is 1. The van der Waals surface area contributed by atoms with Gasteiger partial charge in [-0.15, -0.1) is 0 Å². The highest BCUT2D eigenvalue weighted by molar-refractivity contribution is 5.86. The summed E-state index contributed by atoms with van der Waals surface area (Å²) in [5.74, 6) is 1.38. The molecule has 0 aliphatic rings. The van der Waals surface area contributed by atoms with E-state index in [2.05, 4.69) is 15.1 Å². The zero-order valence-corrected chi connectivity index (χ0v) is 15.8. The molecule has 3 heterocycles. The van der Waals surface area contributed by atoms with Gasteiger partial charge in [-0.25, -0.2) is 0 Å². The Hall–Kier alpha value is -3.68. The van der Waals surface area contributed by atoms with Crippen LogP contribution in [0.4, 0.5) is 0 Å². The molecule has 8 nitrogen and oxygen atoms in total. The maximum Gasteiger partial charge on any atom is 0.310 e. The highest BCUT2D eigenvalue weighted by Gasteiger charge is 2.13. The summed E-state index contributed by atoms with van der Waals surface area (Å²) in [5, 5.41) is 4.81. The molecule has 0 spiro atoms. The first-order valence-electron chi connectivity index (χ1n) is 9.15. The number of carbonyl (C=O) groups excluding carboxylic acids is 1. The van der Waals surface area contributed by atoms with Gasteiger partial charge < -0.3 is 18.4 Å². The standard InChI is InChI=1S/C21H19N3O5/c1-26-16-6-7-17-15(13-28-18(17)11-16)10-20(25)27-9-3-5-19-23-21(24-29-19)14-4-2-8-22-12-14/h2,4,6-8,11-13H,3,5,9-10H2,1H3. The first-order chi connectivity index (χ1) is 14.2. The third-order valence-corrected chi connectivity index (χ3v) is 4.38. The molecule has 4 rings (SSSR count). The van der Waals surface area contributed by atoms with Gasteiger partial charge in [-0.2, -0.15) is 4.98 Å². The van der Waals surface area contributed by atoms with Gasteiger partial charge in [0, 0.05) is 41.4 Å². The molecular weight excluding hydrogens is 374 g/mol. The van der Waals surface area contributed by atoms with Crippen molar-refractivity contribution in [3.05, 3.63) is 60.4 Å². The van der Waals surface area contributed by atoms with E-state index < -0.39 is 0 Å². The minimum atomic E-state index is -0.315. The van der Waals surface area contributed by atoms with Crippen LogP contribution in [0.2, 0.25) is 0 Å². The minimum absolute atomic E-state index is 0.144. The van der Waals surface area contributed by atoms with E-state index in [0.717, 1.165) is 16.5 Å². The lowest BCUT2D eigenvalue weighted by Gasteiger charge is -2.03. The van der Waals surface area contributed by atoms with Crippen LogP contribution < -0.4 is 4.74 Å². The van der Waals surface area contributed by atoms with Crippen LogP contribution in [0.15, 0.2) is 57.9 Å². The van der Waals surface area contributed by atoms with Crippen molar-refractivity contribution in [2.45, 2.75) is 19.3 Å². The SMILES string of the molecule is COc1ccc2c(CC(=O)OCCCc3nc(-c4cccnc4)no3)coc2c1. The molecule has 4 aromatic rings. The number of pyridine rings is 1. The summed E-state index contributed by atoms with van der Waals surface area (Å²) in [6.07, 6.45) is 6.18. The lowest BCUT2D eigenvalue weighted by molar-refractivity contribution is -0.142. The van der Waals surface area contributed by atoms with Gasteiger partial charge in [-0.1, -0.05) is 5.16 Å². The van der Waals surface area contributed by atoms with Gasteiger partial charge in [0.15, 0.2) is 0 Å². The summed E-state index contributed by atoms with van der Waals surface area (Å²) in [5.41, 5.74) is 2.25. The van der Waals surface area contributed by atoms with Crippen molar-refractivity contribution in [2.24, 2.45) is 0 Å². The van der Waals surface area contributed by atoms with E-state index in [1.165, 1.54) is 0 Å². The summed E-state index contributed by atoms with van der Waals surface area (Å²) in [6.45, 7) is 0.271. The number of benzene rings is 1. The van der Waals surface area contributed by atoms with Crippen molar-refractivity contribution in [1.82, 2.24) is 15.1 Å². The molecule has 0 N–H and O–H groups in total. The number of rotatable bonds is 8. The van der Waals surface area contributed by atoms with E-state index in [4.69, 9.17) is 18.4 Å². The third-order valence-electron chi connectivity index (χ3n) is 4.38. The van der Waals surface area contributed by atoms with E-state index >= 15 is 0 Å². The topological polar surface area (TPSA) is 100 Å². The van der Waals surface area contributed by atoms with Gasteiger partial charge in [-0.05, 0) is 30.7 Å². The van der Waals surface area contributed by atoms with E-state index in [9.17, 15) is 4.79 Å². The van der Waals surface area contributed by atoms with Gasteiger partial charge in [-0.3, -0.25) is 9.78 Å². The first kappa shape index (κ1) is 18.7. The monoisotopic (exact) mass is 393 g/mol. The number of hydrogen-bond donors (Lipinski definition) is 0. The Labute approximate surface area is 166 Å². The smallest absolute Gasteiger partial charge is 0.310 e. The number of nitrogens with zero attached hydrogens (tertiary/aromatic N) is 3. The number of esters is 1. The lowest BCUT2D eigenvalue weighted by Crippen LogP contribution is -2.09. The Morgan fingerprint density at radius 2 is 2.17 bits per heavy atom. The second kappa shape index (κ2) is 8.55. The highest BCUT2D eigenvalue weighted by atomic mass is 16.5. The molecule has 0 aliphatic carbocycles. The number of methoxy groups -OCH3 is 1. The van der Waals surface area contributed by atoms with Crippen molar-refractivity contribution >= 4 is 16.9 Å². The summed E-state index contributed by atoms with van der Waals surface area (Å²) < 4.78 is 21.2. The van der Waals surface area contributed by atoms with Crippen molar-refractivity contribution in [1.29, 1.82) is 0 Å². The molecule has 0 unspecified atom stereocenters. The minimum Gasteiger partial charge on any atom is -0.497 e.